The zero-order chi connectivity index (χ0) is 26.2. The Morgan fingerprint density at radius 2 is 1.94 bits per heavy atom. The highest BCUT2D eigenvalue weighted by Gasteiger charge is 2.45. The number of amides is 3. The third-order valence-electron chi connectivity index (χ3n) is 6.02. The molecule has 1 aliphatic rings. The molecule has 0 bridgehead atoms. The monoisotopic (exact) mass is 491 g/mol. The molecular formula is C25H29N7O4. The normalized spacial score (nSPS) is 14.2. The molecule has 188 valence electrons. The van der Waals surface area contributed by atoms with E-state index in [1.807, 2.05) is 20.8 Å². The van der Waals surface area contributed by atoms with E-state index in [2.05, 4.69) is 20.4 Å². The molecule has 0 aromatic carbocycles. The van der Waals surface area contributed by atoms with E-state index in [-0.39, 0.29) is 34.4 Å². The van der Waals surface area contributed by atoms with E-state index in [0.29, 0.717) is 17.1 Å². The van der Waals surface area contributed by atoms with Crippen LogP contribution in [0.15, 0.2) is 42.7 Å². The SMILES string of the molecule is Cn1cc(NC(=O)c2cccc(-c3ccnc(N(C(=O)O)C(C4CC4)C(C)(C)C)c3)n2)c(C(N)=O)n1. The van der Waals surface area contributed by atoms with E-state index in [1.165, 1.54) is 28.0 Å². The van der Waals surface area contributed by atoms with Crippen LogP contribution in [-0.2, 0) is 7.05 Å². The quantitative estimate of drug-likeness (QED) is 0.456. The number of hydrogen-bond acceptors (Lipinski definition) is 6. The Balaban J connectivity index is 1.64. The van der Waals surface area contributed by atoms with Crippen molar-refractivity contribution in [2.24, 2.45) is 24.1 Å². The summed E-state index contributed by atoms with van der Waals surface area (Å²) in [5.74, 6) is -0.714. The van der Waals surface area contributed by atoms with Crippen LogP contribution in [0.25, 0.3) is 11.3 Å². The molecule has 11 heteroatoms. The van der Waals surface area contributed by atoms with E-state index in [4.69, 9.17) is 5.73 Å². The molecule has 1 aliphatic carbocycles. The van der Waals surface area contributed by atoms with E-state index < -0.39 is 17.9 Å². The van der Waals surface area contributed by atoms with Gasteiger partial charge in [0.05, 0.1) is 11.4 Å². The number of carbonyl (C=O) groups is 3. The van der Waals surface area contributed by atoms with Crippen LogP contribution < -0.4 is 16.0 Å². The number of nitrogens with zero attached hydrogens (tertiary/aromatic N) is 5. The molecule has 1 atom stereocenters. The number of carbonyl (C=O) groups excluding carboxylic acids is 2. The third kappa shape index (κ3) is 5.19. The Morgan fingerprint density at radius 3 is 2.56 bits per heavy atom. The molecule has 3 aromatic rings. The lowest BCUT2D eigenvalue weighted by Crippen LogP contribution is -2.49. The van der Waals surface area contributed by atoms with E-state index in [9.17, 15) is 19.5 Å². The maximum Gasteiger partial charge on any atom is 0.413 e. The van der Waals surface area contributed by atoms with Gasteiger partial charge in [-0.1, -0.05) is 26.8 Å². The van der Waals surface area contributed by atoms with Crippen LogP contribution in [0, 0.1) is 11.3 Å². The summed E-state index contributed by atoms with van der Waals surface area (Å²) in [6.07, 6.45) is 3.92. The van der Waals surface area contributed by atoms with Crippen molar-refractivity contribution in [2.75, 3.05) is 10.2 Å². The molecule has 1 saturated carbocycles. The molecule has 3 aromatic heterocycles. The van der Waals surface area contributed by atoms with E-state index in [0.717, 1.165) is 12.8 Å². The lowest BCUT2D eigenvalue weighted by molar-refractivity contribution is 0.0995. The van der Waals surface area contributed by atoms with Gasteiger partial charge in [0.1, 0.15) is 11.5 Å². The number of rotatable bonds is 7. The second kappa shape index (κ2) is 9.40. The number of aromatic nitrogens is 4. The van der Waals surface area contributed by atoms with Crippen LogP contribution in [0.3, 0.4) is 0 Å². The number of carboxylic acid groups (broad SMARTS) is 1. The Labute approximate surface area is 208 Å². The van der Waals surface area contributed by atoms with Crippen molar-refractivity contribution in [3.8, 4) is 11.3 Å². The fraction of sp³-hybridized carbons (Fsp3) is 0.360. The van der Waals surface area contributed by atoms with Crippen molar-refractivity contribution in [1.82, 2.24) is 19.7 Å². The second-order valence-electron chi connectivity index (χ2n) is 10.00. The minimum atomic E-state index is -1.06. The first kappa shape index (κ1) is 24.8. The molecular weight excluding hydrogens is 462 g/mol. The van der Waals surface area contributed by atoms with Gasteiger partial charge in [0.2, 0.25) is 0 Å². The number of anilines is 2. The number of aryl methyl sites for hydroxylation is 1. The molecule has 0 aliphatic heterocycles. The standard InChI is InChI=1S/C25H29N7O4/c1-25(2,3)21(14-8-9-14)32(24(35)36)19-12-15(10-11-27-19)16-6-5-7-17(28-16)23(34)29-18-13-31(4)30-20(18)22(26)33/h5-7,10-14,21H,8-9H2,1-4H3,(H2,26,33)(H,29,34)(H,35,36). The average Bonchev–Trinajstić information content (AvgIpc) is 3.57. The summed E-state index contributed by atoms with van der Waals surface area (Å²) < 4.78 is 1.37. The minimum Gasteiger partial charge on any atom is -0.465 e. The predicted molar refractivity (Wildman–Crippen MR) is 134 cm³/mol. The topological polar surface area (TPSA) is 156 Å². The number of hydrogen-bond donors (Lipinski definition) is 3. The highest BCUT2D eigenvalue weighted by molar-refractivity contribution is 6.07. The van der Waals surface area contributed by atoms with Gasteiger partial charge in [-0.15, -0.1) is 0 Å². The van der Waals surface area contributed by atoms with Crippen LogP contribution in [0.4, 0.5) is 16.3 Å². The fourth-order valence-electron chi connectivity index (χ4n) is 4.46. The van der Waals surface area contributed by atoms with Gasteiger partial charge in [0.25, 0.3) is 11.8 Å². The maximum atomic E-state index is 12.9. The molecule has 4 rings (SSSR count). The van der Waals surface area contributed by atoms with Gasteiger partial charge < -0.3 is 16.2 Å². The summed E-state index contributed by atoms with van der Waals surface area (Å²) in [6, 6.07) is 8.10. The van der Waals surface area contributed by atoms with Gasteiger partial charge in [-0.25, -0.2) is 14.8 Å². The summed E-state index contributed by atoms with van der Waals surface area (Å²) >= 11 is 0. The van der Waals surface area contributed by atoms with Gasteiger partial charge in [0, 0.05) is 31.0 Å². The minimum absolute atomic E-state index is 0.0568. The summed E-state index contributed by atoms with van der Waals surface area (Å²) in [6.45, 7) is 6.10. The van der Waals surface area contributed by atoms with Gasteiger partial charge in [-0.3, -0.25) is 19.2 Å². The zero-order valence-corrected chi connectivity index (χ0v) is 20.6. The Kier molecular flexibility index (Phi) is 6.49. The zero-order valence-electron chi connectivity index (χ0n) is 20.6. The van der Waals surface area contributed by atoms with Gasteiger partial charge >= 0.3 is 6.09 Å². The fourth-order valence-corrected chi connectivity index (χ4v) is 4.46. The van der Waals surface area contributed by atoms with Crippen LogP contribution in [0.1, 0.15) is 54.6 Å². The van der Waals surface area contributed by atoms with Crippen molar-refractivity contribution >= 4 is 29.4 Å². The lowest BCUT2D eigenvalue weighted by Gasteiger charge is -2.38. The van der Waals surface area contributed by atoms with Crippen molar-refractivity contribution in [1.29, 1.82) is 0 Å². The maximum absolute atomic E-state index is 12.9. The lowest BCUT2D eigenvalue weighted by atomic mass is 9.82. The van der Waals surface area contributed by atoms with Crippen molar-refractivity contribution in [3.63, 3.8) is 0 Å². The van der Waals surface area contributed by atoms with Crippen molar-refractivity contribution in [2.45, 2.75) is 39.7 Å². The molecule has 0 spiro atoms. The number of nitrogens with two attached hydrogens (primary N) is 1. The van der Waals surface area contributed by atoms with Gasteiger partial charge in [-0.05, 0) is 48.4 Å². The number of primary amides is 1. The van der Waals surface area contributed by atoms with Crippen LogP contribution in [0.2, 0.25) is 0 Å². The first-order valence-corrected chi connectivity index (χ1v) is 11.6. The second-order valence-corrected chi connectivity index (χ2v) is 10.00. The van der Waals surface area contributed by atoms with Crippen molar-refractivity contribution < 1.29 is 19.5 Å². The van der Waals surface area contributed by atoms with Gasteiger partial charge in [0.15, 0.2) is 5.69 Å². The van der Waals surface area contributed by atoms with E-state index in [1.54, 1.807) is 31.3 Å². The number of nitrogens with one attached hydrogen (secondary N) is 1. The summed E-state index contributed by atoms with van der Waals surface area (Å²) in [7, 11) is 1.61. The molecule has 3 heterocycles. The predicted octanol–water partition coefficient (Wildman–Crippen LogP) is 3.54. The summed E-state index contributed by atoms with van der Waals surface area (Å²) in [4.78, 5) is 47.0. The molecule has 36 heavy (non-hydrogen) atoms. The first-order chi connectivity index (χ1) is 17.0. The highest BCUT2D eigenvalue weighted by Crippen LogP contribution is 2.44. The molecule has 11 nitrogen and oxygen atoms in total. The largest absolute Gasteiger partial charge is 0.465 e. The van der Waals surface area contributed by atoms with Crippen LogP contribution in [-0.4, -0.2) is 48.8 Å². The highest BCUT2D eigenvalue weighted by atomic mass is 16.4. The molecule has 0 radical (unpaired) electrons. The molecule has 1 unspecified atom stereocenters. The Hall–Kier alpha value is -4.28. The molecule has 4 N–H and O–H groups in total. The van der Waals surface area contributed by atoms with Crippen molar-refractivity contribution in [3.05, 3.63) is 54.1 Å². The molecule has 0 saturated heterocycles. The summed E-state index contributed by atoms with van der Waals surface area (Å²) in [5, 5.41) is 16.7. The van der Waals surface area contributed by atoms with Crippen LogP contribution in [0.5, 0.6) is 0 Å². The molecule has 3 amide bonds. The molecule has 1 fully saturated rings. The Morgan fingerprint density at radius 1 is 1.22 bits per heavy atom. The smallest absolute Gasteiger partial charge is 0.413 e. The number of pyridine rings is 2. The third-order valence-corrected chi connectivity index (χ3v) is 6.02. The average molecular weight is 492 g/mol. The summed E-state index contributed by atoms with van der Waals surface area (Å²) in [5.41, 5.74) is 6.37. The van der Waals surface area contributed by atoms with E-state index >= 15 is 0 Å². The Bertz CT molecular complexity index is 1320. The van der Waals surface area contributed by atoms with Crippen LogP contribution >= 0.6 is 0 Å². The van der Waals surface area contributed by atoms with Gasteiger partial charge in [-0.2, -0.15) is 5.10 Å². The first-order valence-electron chi connectivity index (χ1n) is 11.6.